The van der Waals surface area contributed by atoms with Crippen LogP contribution in [0.15, 0.2) is 18.2 Å². The highest BCUT2D eigenvalue weighted by Gasteiger charge is 2.07. The Morgan fingerprint density at radius 3 is 2.05 bits per heavy atom. The molecule has 0 fully saturated rings. The van der Waals surface area contributed by atoms with Gasteiger partial charge >= 0.3 is 0 Å². The second-order valence-electron chi connectivity index (χ2n) is 4.99. The number of nitriles is 2. The van der Waals surface area contributed by atoms with Crippen LogP contribution in [0.2, 0.25) is 0 Å². The van der Waals surface area contributed by atoms with E-state index in [1.807, 2.05) is 0 Å². The van der Waals surface area contributed by atoms with Crippen LogP contribution in [0, 0.1) is 22.7 Å². The van der Waals surface area contributed by atoms with Crippen LogP contribution in [0.4, 0.5) is 0 Å². The second kappa shape index (κ2) is 10.0. The predicted octanol–water partition coefficient (Wildman–Crippen LogP) is 3.62. The van der Waals surface area contributed by atoms with Crippen LogP contribution < -0.4 is 5.73 Å². The minimum absolute atomic E-state index is 0.569. The largest absolute Gasteiger partial charge is 0.326 e. The Bertz CT molecular complexity index is 480. The van der Waals surface area contributed by atoms with Crippen molar-refractivity contribution in [2.45, 2.75) is 57.9 Å². The Balaban J connectivity index is 2.66. The van der Waals surface area contributed by atoms with Gasteiger partial charge in [-0.25, -0.2) is 0 Å². The summed E-state index contributed by atoms with van der Waals surface area (Å²) < 4.78 is 0. The van der Waals surface area contributed by atoms with Crippen molar-refractivity contribution in [3.05, 3.63) is 34.9 Å². The summed E-state index contributed by atoms with van der Waals surface area (Å²) in [5.74, 6) is 0. The van der Waals surface area contributed by atoms with Gasteiger partial charge in [-0.15, -0.1) is 0 Å². The highest BCUT2D eigenvalue weighted by Crippen LogP contribution is 2.20. The Morgan fingerprint density at radius 1 is 0.850 bits per heavy atom. The molecule has 0 amide bonds. The van der Waals surface area contributed by atoms with Crippen molar-refractivity contribution in [2.75, 3.05) is 0 Å². The van der Waals surface area contributed by atoms with Crippen LogP contribution in [0.1, 0.15) is 55.2 Å². The Morgan fingerprint density at radius 2 is 1.45 bits per heavy atom. The van der Waals surface area contributed by atoms with Gasteiger partial charge in [0.2, 0.25) is 0 Å². The molecule has 1 aromatic carbocycles. The number of unbranched alkanes of at least 4 members (excludes halogenated alkanes) is 4. The molecule has 0 aliphatic rings. The van der Waals surface area contributed by atoms with Crippen molar-refractivity contribution in [3.63, 3.8) is 0 Å². The van der Waals surface area contributed by atoms with Crippen LogP contribution in [-0.2, 0) is 19.4 Å². The van der Waals surface area contributed by atoms with E-state index in [2.05, 4.69) is 30.3 Å². The van der Waals surface area contributed by atoms with Crippen molar-refractivity contribution < 1.29 is 0 Å². The molecular weight excluding hydrogens is 246 g/mol. The zero-order valence-electron chi connectivity index (χ0n) is 12.1. The molecule has 0 saturated carbocycles. The Hall–Kier alpha value is -1.84. The smallest absolute Gasteiger partial charge is 0.0621 e. The zero-order valence-corrected chi connectivity index (χ0v) is 12.1. The number of hydrogen-bond acceptors (Lipinski definition) is 3. The first-order chi connectivity index (χ1) is 9.83. The molecule has 0 heterocycles. The van der Waals surface area contributed by atoms with Crippen molar-refractivity contribution in [1.29, 1.82) is 10.5 Å². The average Bonchev–Trinajstić information content (AvgIpc) is 2.48. The first-order valence-electron chi connectivity index (χ1n) is 7.37. The molecule has 0 bridgehead atoms. The zero-order chi connectivity index (χ0) is 14.6. The lowest BCUT2D eigenvalue weighted by Crippen LogP contribution is -2.05. The fourth-order valence-corrected chi connectivity index (χ4v) is 2.46. The molecular formula is C17H23N3. The number of nitrogens with zero attached hydrogens (tertiary/aromatic N) is 2. The monoisotopic (exact) mass is 269 g/mol. The molecule has 3 nitrogen and oxygen atoms in total. The van der Waals surface area contributed by atoms with Gasteiger partial charge in [-0.05, 0) is 55.2 Å². The lowest BCUT2D eigenvalue weighted by molar-refractivity contribution is 0.717. The maximum atomic E-state index is 8.59. The van der Waals surface area contributed by atoms with E-state index in [0.29, 0.717) is 19.4 Å². The average molecular weight is 269 g/mol. The number of benzene rings is 1. The second-order valence-corrected chi connectivity index (χ2v) is 4.99. The molecule has 0 radical (unpaired) electrons. The standard InChI is InChI=1S/C17H23N3/c18-12-5-1-3-8-15-9-7-10-16(14-20)17(15)11-4-2-6-13-19/h7,9-10H,1-6,8,11,14,20H2. The molecule has 0 aromatic heterocycles. The summed E-state index contributed by atoms with van der Waals surface area (Å²) in [6, 6.07) is 10.7. The maximum Gasteiger partial charge on any atom is 0.0621 e. The van der Waals surface area contributed by atoms with E-state index in [0.717, 1.165) is 38.5 Å². The van der Waals surface area contributed by atoms with Crippen LogP contribution >= 0.6 is 0 Å². The van der Waals surface area contributed by atoms with Gasteiger partial charge in [0.05, 0.1) is 12.1 Å². The summed E-state index contributed by atoms with van der Waals surface area (Å²) in [4.78, 5) is 0. The van der Waals surface area contributed by atoms with Crippen LogP contribution in [0.25, 0.3) is 0 Å². The van der Waals surface area contributed by atoms with Crippen LogP contribution in [-0.4, -0.2) is 0 Å². The fourth-order valence-electron chi connectivity index (χ4n) is 2.46. The Kier molecular flexibility index (Phi) is 8.11. The van der Waals surface area contributed by atoms with Gasteiger partial charge in [0, 0.05) is 19.4 Å². The lowest BCUT2D eigenvalue weighted by atomic mass is 9.93. The normalized spacial score (nSPS) is 9.95. The van der Waals surface area contributed by atoms with E-state index in [1.54, 1.807) is 0 Å². The van der Waals surface area contributed by atoms with Crippen LogP contribution in [0.3, 0.4) is 0 Å². The van der Waals surface area contributed by atoms with E-state index in [9.17, 15) is 0 Å². The van der Waals surface area contributed by atoms with E-state index < -0.39 is 0 Å². The van der Waals surface area contributed by atoms with Crippen molar-refractivity contribution >= 4 is 0 Å². The summed E-state index contributed by atoms with van der Waals surface area (Å²) in [5, 5.41) is 17.2. The molecule has 0 aliphatic carbocycles. The Labute approximate surface area is 122 Å². The summed E-state index contributed by atoms with van der Waals surface area (Å²) in [5.41, 5.74) is 9.78. The minimum atomic E-state index is 0.569. The van der Waals surface area contributed by atoms with Crippen molar-refractivity contribution in [3.8, 4) is 12.1 Å². The summed E-state index contributed by atoms with van der Waals surface area (Å²) in [7, 11) is 0. The van der Waals surface area contributed by atoms with Gasteiger partial charge in [-0.1, -0.05) is 18.2 Å². The third kappa shape index (κ3) is 5.43. The minimum Gasteiger partial charge on any atom is -0.326 e. The van der Waals surface area contributed by atoms with Crippen molar-refractivity contribution in [2.24, 2.45) is 5.73 Å². The molecule has 1 rings (SSSR count). The van der Waals surface area contributed by atoms with Gasteiger partial charge in [0.15, 0.2) is 0 Å². The van der Waals surface area contributed by atoms with Gasteiger partial charge in [-0.2, -0.15) is 10.5 Å². The van der Waals surface area contributed by atoms with Gasteiger partial charge < -0.3 is 5.73 Å². The predicted molar refractivity (Wildman–Crippen MR) is 80.7 cm³/mol. The van der Waals surface area contributed by atoms with Gasteiger partial charge in [-0.3, -0.25) is 0 Å². The molecule has 0 spiro atoms. The SMILES string of the molecule is N#CCCCCc1cccc(CN)c1CCCCC#N. The topological polar surface area (TPSA) is 73.6 Å². The third-order valence-corrected chi connectivity index (χ3v) is 3.54. The van der Waals surface area contributed by atoms with E-state index in [4.69, 9.17) is 16.3 Å². The number of rotatable bonds is 9. The number of hydrogen-bond donors (Lipinski definition) is 1. The number of nitrogens with two attached hydrogens (primary N) is 1. The first-order valence-corrected chi connectivity index (χ1v) is 7.37. The summed E-state index contributed by atoms with van der Waals surface area (Å²) in [6.45, 7) is 0.569. The van der Waals surface area contributed by atoms with Crippen molar-refractivity contribution in [1.82, 2.24) is 0 Å². The van der Waals surface area contributed by atoms with E-state index in [-0.39, 0.29) is 0 Å². The quantitative estimate of drug-likeness (QED) is 0.696. The molecule has 0 atom stereocenters. The van der Waals surface area contributed by atoms with Gasteiger partial charge in [0.25, 0.3) is 0 Å². The third-order valence-electron chi connectivity index (χ3n) is 3.54. The first kappa shape index (κ1) is 16.2. The van der Waals surface area contributed by atoms with E-state index >= 15 is 0 Å². The molecule has 1 aromatic rings. The summed E-state index contributed by atoms with van der Waals surface area (Å²) in [6.07, 6.45) is 7.27. The number of aryl methyl sites for hydroxylation is 1. The maximum absolute atomic E-state index is 8.59. The molecule has 0 unspecified atom stereocenters. The fraction of sp³-hybridized carbons (Fsp3) is 0.529. The highest BCUT2D eigenvalue weighted by atomic mass is 14.5. The molecule has 20 heavy (non-hydrogen) atoms. The molecule has 3 heteroatoms. The lowest BCUT2D eigenvalue weighted by Gasteiger charge is -2.13. The summed E-state index contributed by atoms with van der Waals surface area (Å²) >= 11 is 0. The molecule has 2 N–H and O–H groups in total. The molecule has 106 valence electrons. The van der Waals surface area contributed by atoms with Gasteiger partial charge in [0.1, 0.15) is 0 Å². The molecule has 0 saturated heterocycles. The van der Waals surface area contributed by atoms with Crippen LogP contribution in [0.5, 0.6) is 0 Å². The highest BCUT2D eigenvalue weighted by molar-refractivity contribution is 5.35. The molecule has 0 aliphatic heterocycles. The van der Waals surface area contributed by atoms with E-state index in [1.165, 1.54) is 16.7 Å².